The molecule has 0 spiro atoms. The molecule has 0 aliphatic rings. The van der Waals surface area contributed by atoms with Gasteiger partial charge in [-0.3, -0.25) is 28.3 Å². The fourth-order valence-electron chi connectivity index (χ4n) is 4.28. The lowest BCUT2D eigenvalue weighted by Gasteiger charge is -2.12. The molecule has 0 bridgehead atoms. The van der Waals surface area contributed by atoms with E-state index in [9.17, 15) is 19.5 Å². The maximum atomic E-state index is 13.5. The van der Waals surface area contributed by atoms with Crippen LogP contribution in [0.15, 0.2) is 76.4 Å². The molecule has 2 N–H and O–H groups in total. The minimum Gasteiger partial charge on any atom is -0.394 e. The van der Waals surface area contributed by atoms with Gasteiger partial charge in [0.25, 0.3) is 11.5 Å². The smallest absolute Gasteiger partial charge is 0.332 e. The summed E-state index contributed by atoms with van der Waals surface area (Å²) in [5.41, 5.74) is 1.16. The number of carbonyl (C=O) groups is 1. The summed E-state index contributed by atoms with van der Waals surface area (Å²) in [6.07, 6.45) is 1.39. The Labute approximate surface area is 238 Å². The van der Waals surface area contributed by atoms with Crippen molar-refractivity contribution >= 4 is 40.3 Å². The van der Waals surface area contributed by atoms with Crippen LogP contribution in [-0.4, -0.2) is 47.3 Å². The molecule has 2 aromatic carbocycles. The highest BCUT2D eigenvalue weighted by atomic mass is 35.5. The molecule has 1 amide bonds. The summed E-state index contributed by atoms with van der Waals surface area (Å²) < 4.78 is 4.04. The summed E-state index contributed by atoms with van der Waals surface area (Å²) in [6.45, 7) is 1.47. The first kappa shape index (κ1) is 27.3. The van der Waals surface area contributed by atoms with Gasteiger partial charge in [0.2, 0.25) is 0 Å². The third kappa shape index (κ3) is 5.04. The number of benzene rings is 2. The standard InChI is InChI=1S/C28H24Cl2N6O4/c1-16(15-37)32-26(38)17-7-10-19(31-13-17)14-35-25-23(27(39)34(2)28(35)40)36(20-11-8-18(29)9-12-20)24(33-25)21-5-3-4-6-22(21)30/h3-13,16,37H,14-15H2,1-2H3,(H,32,38)/t16-/m1/s1. The van der Waals surface area contributed by atoms with Crippen molar-refractivity contribution in [2.24, 2.45) is 7.05 Å². The van der Waals surface area contributed by atoms with Gasteiger partial charge in [0, 0.05) is 35.6 Å². The van der Waals surface area contributed by atoms with Gasteiger partial charge in [-0.1, -0.05) is 35.3 Å². The largest absolute Gasteiger partial charge is 0.394 e. The highest BCUT2D eigenvalue weighted by molar-refractivity contribution is 6.33. The molecule has 0 aliphatic carbocycles. The molecule has 0 saturated heterocycles. The van der Waals surface area contributed by atoms with Crippen LogP contribution in [0.3, 0.4) is 0 Å². The van der Waals surface area contributed by atoms with Crippen LogP contribution >= 0.6 is 23.2 Å². The summed E-state index contributed by atoms with van der Waals surface area (Å²) >= 11 is 12.7. The molecule has 0 radical (unpaired) electrons. The Bertz CT molecular complexity index is 1840. The fourth-order valence-corrected chi connectivity index (χ4v) is 4.63. The van der Waals surface area contributed by atoms with Crippen LogP contribution in [0.4, 0.5) is 0 Å². The van der Waals surface area contributed by atoms with Crippen LogP contribution in [0, 0.1) is 0 Å². The van der Waals surface area contributed by atoms with Gasteiger partial charge < -0.3 is 10.4 Å². The van der Waals surface area contributed by atoms with Gasteiger partial charge in [-0.25, -0.2) is 9.78 Å². The first-order chi connectivity index (χ1) is 19.2. The van der Waals surface area contributed by atoms with Crippen molar-refractivity contribution < 1.29 is 9.90 Å². The van der Waals surface area contributed by atoms with Crippen LogP contribution in [0.25, 0.3) is 28.2 Å². The molecule has 3 heterocycles. The number of rotatable bonds is 7. The SMILES string of the molecule is C[C@H](CO)NC(=O)c1ccc(Cn2c(=O)n(C)c(=O)c3c2nc(-c2ccccc2Cl)n3-c2ccc(Cl)cc2)nc1. The first-order valence-corrected chi connectivity index (χ1v) is 13.0. The van der Waals surface area contributed by atoms with E-state index in [-0.39, 0.29) is 30.2 Å². The van der Waals surface area contributed by atoms with Gasteiger partial charge in [0.05, 0.1) is 29.4 Å². The van der Waals surface area contributed by atoms with Gasteiger partial charge in [-0.15, -0.1) is 0 Å². The molecule has 0 unspecified atom stereocenters. The minimum absolute atomic E-state index is 0.0159. The Morgan fingerprint density at radius 1 is 1.05 bits per heavy atom. The molecule has 1 atom stereocenters. The number of amides is 1. The number of pyridine rings is 1. The van der Waals surface area contributed by atoms with Gasteiger partial charge in [0.1, 0.15) is 5.82 Å². The highest BCUT2D eigenvalue weighted by Crippen LogP contribution is 2.32. The van der Waals surface area contributed by atoms with E-state index < -0.39 is 17.3 Å². The number of nitrogens with one attached hydrogen (secondary N) is 1. The number of aromatic nitrogens is 5. The molecule has 0 saturated carbocycles. The number of carbonyl (C=O) groups excluding carboxylic acids is 1. The second-order valence-electron chi connectivity index (χ2n) is 9.23. The Morgan fingerprint density at radius 2 is 1.77 bits per heavy atom. The molecule has 0 aliphatic heterocycles. The van der Waals surface area contributed by atoms with Crippen molar-refractivity contribution in [3.63, 3.8) is 0 Å². The molecule has 0 fully saturated rings. The monoisotopic (exact) mass is 578 g/mol. The van der Waals surface area contributed by atoms with E-state index in [2.05, 4.69) is 10.3 Å². The zero-order valence-electron chi connectivity index (χ0n) is 21.5. The normalized spacial score (nSPS) is 12.0. The van der Waals surface area contributed by atoms with Gasteiger partial charge in [0.15, 0.2) is 11.2 Å². The molecular formula is C28H24Cl2N6O4. The van der Waals surface area contributed by atoms with Crippen molar-refractivity contribution in [2.75, 3.05) is 6.61 Å². The van der Waals surface area contributed by atoms with E-state index in [1.807, 2.05) is 0 Å². The molecule has 5 aromatic rings. The molecule has 12 heteroatoms. The molecular weight excluding hydrogens is 555 g/mol. The van der Waals surface area contributed by atoms with Crippen LogP contribution in [-0.2, 0) is 13.6 Å². The number of halogens is 2. The Morgan fingerprint density at radius 3 is 2.42 bits per heavy atom. The zero-order chi connectivity index (χ0) is 28.6. The predicted molar refractivity (Wildman–Crippen MR) is 153 cm³/mol. The van der Waals surface area contributed by atoms with E-state index in [4.69, 9.17) is 28.2 Å². The molecule has 3 aromatic heterocycles. The number of aliphatic hydroxyl groups is 1. The van der Waals surface area contributed by atoms with E-state index in [0.717, 1.165) is 4.57 Å². The molecule has 40 heavy (non-hydrogen) atoms. The van der Waals surface area contributed by atoms with Crippen molar-refractivity contribution in [1.29, 1.82) is 0 Å². The van der Waals surface area contributed by atoms with Gasteiger partial charge in [-0.05, 0) is 55.5 Å². The maximum absolute atomic E-state index is 13.5. The number of nitrogens with zero attached hydrogens (tertiary/aromatic N) is 5. The maximum Gasteiger partial charge on any atom is 0.332 e. The van der Waals surface area contributed by atoms with Crippen LogP contribution in [0.2, 0.25) is 10.0 Å². The third-order valence-corrected chi connectivity index (χ3v) is 6.98. The topological polar surface area (TPSA) is 124 Å². The summed E-state index contributed by atoms with van der Waals surface area (Å²) in [5, 5.41) is 12.8. The summed E-state index contributed by atoms with van der Waals surface area (Å²) in [5.74, 6) is -0.00860. The van der Waals surface area contributed by atoms with Crippen LogP contribution in [0.1, 0.15) is 23.0 Å². The average Bonchev–Trinajstić information content (AvgIpc) is 3.35. The first-order valence-electron chi connectivity index (χ1n) is 12.3. The molecule has 5 rings (SSSR count). The van der Waals surface area contributed by atoms with Crippen LogP contribution < -0.4 is 16.6 Å². The summed E-state index contributed by atoms with van der Waals surface area (Å²) in [6, 6.07) is 16.8. The van der Waals surface area contributed by atoms with Crippen molar-refractivity contribution in [2.45, 2.75) is 19.5 Å². The van der Waals surface area contributed by atoms with Crippen molar-refractivity contribution in [1.82, 2.24) is 29.0 Å². The van der Waals surface area contributed by atoms with Crippen molar-refractivity contribution in [3.8, 4) is 17.1 Å². The number of aliphatic hydroxyl groups excluding tert-OH is 1. The lowest BCUT2D eigenvalue weighted by atomic mass is 10.2. The minimum atomic E-state index is -0.579. The fraction of sp³-hybridized carbons (Fsp3) is 0.179. The van der Waals surface area contributed by atoms with E-state index >= 15 is 0 Å². The summed E-state index contributed by atoms with van der Waals surface area (Å²) in [7, 11) is 1.40. The lowest BCUT2D eigenvalue weighted by molar-refractivity contribution is 0.0922. The highest BCUT2D eigenvalue weighted by Gasteiger charge is 2.24. The Balaban J connectivity index is 1.69. The van der Waals surface area contributed by atoms with E-state index in [1.54, 1.807) is 72.2 Å². The molecule has 10 nitrogen and oxygen atoms in total. The van der Waals surface area contributed by atoms with Crippen molar-refractivity contribution in [3.05, 3.63) is 109 Å². The zero-order valence-corrected chi connectivity index (χ0v) is 23.0. The number of imidazole rings is 1. The number of hydrogen-bond donors (Lipinski definition) is 2. The van der Waals surface area contributed by atoms with E-state index in [1.165, 1.54) is 17.8 Å². The number of fused-ring (bicyclic) bond motifs is 1. The molecule has 204 valence electrons. The van der Waals surface area contributed by atoms with Crippen LogP contribution in [0.5, 0.6) is 0 Å². The average molecular weight is 579 g/mol. The lowest BCUT2D eigenvalue weighted by Crippen LogP contribution is -2.39. The number of hydrogen-bond acceptors (Lipinski definition) is 6. The van der Waals surface area contributed by atoms with Gasteiger partial charge >= 0.3 is 5.69 Å². The predicted octanol–water partition coefficient (Wildman–Crippen LogP) is 3.41. The quantitative estimate of drug-likeness (QED) is 0.305. The second-order valence-corrected chi connectivity index (χ2v) is 10.1. The Hall–Kier alpha value is -4.25. The second kappa shape index (κ2) is 11.1. The third-order valence-electron chi connectivity index (χ3n) is 6.40. The van der Waals surface area contributed by atoms with Gasteiger partial charge in [-0.2, -0.15) is 0 Å². The van der Waals surface area contributed by atoms with E-state index in [0.29, 0.717) is 38.4 Å². The summed E-state index contributed by atoms with van der Waals surface area (Å²) in [4.78, 5) is 48.4. The Kier molecular flexibility index (Phi) is 7.57.